The molecule has 3 N–H and O–H groups in total. The molecule has 0 unspecified atom stereocenters. The van der Waals surface area contributed by atoms with Gasteiger partial charge in [0.15, 0.2) is 5.69 Å². The number of nitrogens with two attached hydrogens (primary N) is 1. The van der Waals surface area contributed by atoms with Crippen molar-refractivity contribution in [3.05, 3.63) is 52.7 Å². The van der Waals surface area contributed by atoms with Gasteiger partial charge in [-0.05, 0) is 31.2 Å². The summed E-state index contributed by atoms with van der Waals surface area (Å²) in [5, 5.41) is 6.94. The van der Waals surface area contributed by atoms with Crippen molar-refractivity contribution in [2.24, 2.45) is 0 Å². The molecule has 142 valence electrons. The van der Waals surface area contributed by atoms with Crippen molar-refractivity contribution in [3.8, 4) is 10.6 Å². The molecule has 5 nitrogen and oxygen atoms in total. The summed E-state index contributed by atoms with van der Waals surface area (Å²) in [6, 6.07) is 8.97. The van der Waals surface area contributed by atoms with Crippen molar-refractivity contribution >= 4 is 39.5 Å². The van der Waals surface area contributed by atoms with Crippen LogP contribution in [-0.2, 0) is 12.7 Å². The number of halogens is 4. The molecule has 0 aliphatic rings. The Morgan fingerprint density at radius 2 is 2.04 bits per heavy atom. The van der Waals surface area contributed by atoms with Gasteiger partial charge in [0.1, 0.15) is 0 Å². The second-order valence-electron chi connectivity index (χ2n) is 5.56. The molecule has 10 heteroatoms. The lowest BCUT2D eigenvalue weighted by atomic mass is 10.2. The quantitative estimate of drug-likeness (QED) is 0.621. The summed E-state index contributed by atoms with van der Waals surface area (Å²) in [5.41, 5.74) is 5.75. The Hall–Kier alpha value is -2.52. The van der Waals surface area contributed by atoms with Crippen LogP contribution in [-0.4, -0.2) is 15.7 Å². The smallest absolute Gasteiger partial charge is 0.397 e. The number of benzene rings is 1. The number of nitrogens with zero attached hydrogens (tertiary/aromatic N) is 2. The highest BCUT2D eigenvalue weighted by atomic mass is 35.5. The number of aryl methyl sites for hydroxylation is 1. The van der Waals surface area contributed by atoms with Crippen LogP contribution in [0.4, 0.5) is 23.9 Å². The zero-order chi connectivity index (χ0) is 19.8. The molecular formula is C17H14ClF3N4OS. The lowest BCUT2D eigenvalue weighted by Gasteiger charge is -2.04. The van der Waals surface area contributed by atoms with E-state index in [1.54, 1.807) is 31.2 Å². The Kier molecular flexibility index (Phi) is 5.16. The lowest BCUT2D eigenvalue weighted by molar-refractivity contribution is -0.141. The number of thiophene rings is 1. The van der Waals surface area contributed by atoms with Crippen molar-refractivity contribution < 1.29 is 18.0 Å². The number of alkyl halides is 3. The van der Waals surface area contributed by atoms with Crippen molar-refractivity contribution in [1.82, 2.24) is 9.78 Å². The van der Waals surface area contributed by atoms with E-state index in [1.807, 2.05) is 0 Å². The zero-order valence-electron chi connectivity index (χ0n) is 14.0. The predicted molar refractivity (Wildman–Crippen MR) is 100 cm³/mol. The van der Waals surface area contributed by atoms with Gasteiger partial charge in [-0.15, -0.1) is 11.3 Å². The Morgan fingerprint density at radius 3 is 2.67 bits per heavy atom. The van der Waals surface area contributed by atoms with Crippen LogP contribution in [0.3, 0.4) is 0 Å². The second kappa shape index (κ2) is 7.24. The lowest BCUT2D eigenvalue weighted by Crippen LogP contribution is -2.11. The minimum Gasteiger partial charge on any atom is -0.397 e. The van der Waals surface area contributed by atoms with E-state index in [0.717, 1.165) is 17.4 Å². The number of aromatic nitrogens is 2. The minimum absolute atomic E-state index is 0.240. The van der Waals surface area contributed by atoms with Gasteiger partial charge in [0.05, 0.1) is 31.8 Å². The van der Waals surface area contributed by atoms with Crippen LogP contribution < -0.4 is 11.1 Å². The van der Waals surface area contributed by atoms with Crippen LogP contribution >= 0.6 is 22.9 Å². The van der Waals surface area contributed by atoms with Gasteiger partial charge in [-0.1, -0.05) is 23.7 Å². The summed E-state index contributed by atoms with van der Waals surface area (Å²) in [6.07, 6.45) is -4.55. The van der Waals surface area contributed by atoms with E-state index in [4.69, 9.17) is 17.3 Å². The highest BCUT2D eigenvalue weighted by Crippen LogP contribution is 2.40. The van der Waals surface area contributed by atoms with E-state index in [-0.39, 0.29) is 23.5 Å². The number of hydrogen-bond donors (Lipinski definition) is 2. The Balaban J connectivity index is 1.93. The summed E-state index contributed by atoms with van der Waals surface area (Å²) in [4.78, 5) is 12.8. The second-order valence-corrected chi connectivity index (χ2v) is 7.02. The number of anilines is 2. The van der Waals surface area contributed by atoms with E-state index in [0.29, 0.717) is 14.9 Å². The van der Waals surface area contributed by atoms with Crippen LogP contribution in [0.15, 0.2) is 36.4 Å². The first-order valence-corrected chi connectivity index (χ1v) is 9.00. The Morgan fingerprint density at radius 1 is 1.33 bits per heavy atom. The summed E-state index contributed by atoms with van der Waals surface area (Å²) < 4.78 is 40.1. The van der Waals surface area contributed by atoms with Gasteiger partial charge < -0.3 is 11.1 Å². The fraction of sp³-hybridized carbons (Fsp3) is 0.176. The number of rotatable bonds is 4. The van der Waals surface area contributed by atoms with Gasteiger partial charge in [0.25, 0.3) is 5.91 Å². The molecule has 27 heavy (non-hydrogen) atoms. The maximum absolute atomic E-state index is 13.0. The third-order valence-electron chi connectivity index (χ3n) is 3.72. The predicted octanol–water partition coefficient (Wildman–Crippen LogP) is 5.14. The van der Waals surface area contributed by atoms with Gasteiger partial charge in [-0.2, -0.15) is 18.3 Å². The molecule has 0 saturated carbocycles. The number of hydrogen-bond acceptors (Lipinski definition) is 4. The van der Waals surface area contributed by atoms with Crippen LogP contribution in [0.2, 0.25) is 5.02 Å². The molecule has 3 rings (SSSR count). The van der Waals surface area contributed by atoms with Crippen molar-refractivity contribution in [2.45, 2.75) is 19.6 Å². The average molecular weight is 415 g/mol. The van der Waals surface area contributed by atoms with Crippen molar-refractivity contribution in [1.29, 1.82) is 0 Å². The Bertz CT molecular complexity index is 996. The number of carbonyl (C=O) groups excluding carboxylic acids is 1. The molecule has 2 aromatic heterocycles. The first-order chi connectivity index (χ1) is 12.7. The molecule has 0 radical (unpaired) electrons. The monoisotopic (exact) mass is 414 g/mol. The molecule has 0 fully saturated rings. The largest absolute Gasteiger partial charge is 0.435 e. The van der Waals surface area contributed by atoms with Crippen molar-refractivity contribution in [2.75, 3.05) is 11.1 Å². The molecule has 1 aromatic carbocycles. The fourth-order valence-corrected chi connectivity index (χ4v) is 3.69. The molecular weight excluding hydrogens is 401 g/mol. The average Bonchev–Trinajstić information content (AvgIpc) is 3.18. The normalized spacial score (nSPS) is 11.6. The van der Waals surface area contributed by atoms with E-state index < -0.39 is 17.8 Å². The molecule has 0 aliphatic heterocycles. The molecule has 2 heterocycles. The third-order valence-corrected chi connectivity index (χ3v) is 5.14. The molecule has 0 saturated heterocycles. The summed E-state index contributed by atoms with van der Waals surface area (Å²) >= 11 is 7.07. The standard InChI is InChI=1S/C17H14ClF3N4OS/c1-2-25-12(8-13(24-25)17(19,20)21)15-11(22)7-14(27-15)23-16(26)9-5-3-4-6-10(9)18/h3-8H,2,22H2,1H3,(H,23,26). The van der Waals surface area contributed by atoms with Crippen LogP contribution in [0, 0.1) is 0 Å². The highest BCUT2D eigenvalue weighted by Gasteiger charge is 2.35. The summed E-state index contributed by atoms with van der Waals surface area (Å²) in [7, 11) is 0. The summed E-state index contributed by atoms with van der Waals surface area (Å²) in [6.45, 7) is 1.92. The van der Waals surface area contributed by atoms with Crippen molar-refractivity contribution in [3.63, 3.8) is 0 Å². The van der Waals surface area contributed by atoms with Crippen LogP contribution in [0.5, 0.6) is 0 Å². The van der Waals surface area contributed by atoms with E-state index in [1.165, 1.54) is 10.7 Å². The van der Waals surface area contributed by atoms with Gasteiger partial charge in [0.2, 0.25) is 0 Å². The van der Waals surface area contributed by atoms with Gasteiger partial charge >= 0.3 is 6.18 Å². The third kappa shape index (κ3) is 3.93. The maximum Gasteiger partial charge on any atom is 0.435 e. The maximum atomic E-state index is 13.0. The molecule has 0 aliphatic carbocycles. The minimum atomic E-state index is -4.55. The number of nitrogen functional groups attached to an aromatic ring is 1. The SMILES string of the molecule is CCn1nc(C(F)(F)F)cc1-c1sc(NC(=O)c2ccccc2Cl)cc1N. The van der Waals surface area contributed by atoms with Crippen LogP contribution in [0.25, 0.3) is 10.6 Å². The highest BCUT2D eigenvalue weighted by molar-refractivity contribution is 7.20. The summed E-state index contributed by atoms with van der Waals surface area (Å²) in [5.74, 6) is -0.437. The van der Waals surface area contributed by atoms with Gasteiger partial charge in [0, 0.05) is 6.54 Å². The van der Waals surface area contributed by atoms with Gasteiger partial charge in [-0.3, -0.25) is 9.48 Å². The number of carbonyl (C=O) groups is 1. The Labute approximate surface area is 161 Å². The molecule has 0 spiro atoms. The first kappa shape index (κ1) is 19.2. The van der Waals surface area contributed by atoms with E-state index >= 15 is 0 Å². The molecule has 1 amide bonds. The number of nitrogens with one attached hydrogen (secondary N) is 1. The fourth-order valence-electron chi connectivity index (χ4n) is 2.47. The van der Waals surface area contributed by atoms with Crippen LogP contribution in [0.1, 0.15) is 23.0 Å². The van der Waals surface area contributed by atoms with E-state index in [2.05, 4.69) is 10.4 Å². The van der Waals surface area contributed by atoms with Gasteiger partial charge in [-0.25, -0.2) is 0 Å². The zero-order valence-corrected chi connectivity index (χ0v) is 15.5. The topological polar surface area (TPSA) is 72.9 Å². The molecule has 0 bridgehead atoms. The molecule has 3 aromatic rings. The number of amides is 1. The first-order valence-electron chi connectivity index (χ1n) is 7.81. The molecule has 0 atom stereocenters. The van der Waals surface area contributed by atoms with E-state index in [9.17, 15) is 18.0 Å².